The number of aromatic nitrogens is 1. The van der Waals surface area contributed by atoms with E-state index in [-0.39, 0.29) is 29.1 Å². The van der Waals surface area contributed by atoms with Crippen molar-refractivity contribution in [2.24, 2.45) is 0 Å². The summed E-state index contributed by atoms with van der Waals surface area (Å²) >= 11 is 0. The first-order valence-corrected chi connectivity index (χ1v) is 11.3. The third-order valence-corrected chi connectivity index (χ3v) is 6.92. The van der Waals surface area contributed by atoms with Crippen LogP contribution in [0.4, 0.5) is 0 Å². The molecule has 1 amide bonds. The number of sulfone groups is 1. The van der Waals surface area contributed by atoms with Crippen LogP contribution in [0, 0.1) is 6.92 Å². The van der Waals surface area contributed by atoms with E-state index in [1.807, 2.05) is 61.5 Å². The third kappa shape index (κ3) is 4.40. The number of nitrogens with zero attached hydrogens (tertiary/aromatic N) is 2. The van der Waals surface area contributed by atoms with Gasteiger partial charge in [0.2, 0.25) is 0 Å². The van der Waals surface area contributed by atoms with Crippen molar-refractivity contribution < 1.29 is 17.7 Å². The predicted octanol–water partition coefficient (Wildman–Crippen LogP) is 3.48. The summed E-state index contributed by atoms with van der Waals surface area (Å²) in [5.74, 6) is 0.263. The van der Waals surface area contributed by atoms with Crippen LogP contribution >= 0.6 is 0 Å². The molecule has 6 nitrogen and oxygen atoms in total. The number of benzene rings is 2. The molecule has 1 fully saturated rings. The monoisotopic (exact) mass is 410 g/mol. The van der Waals surface area contributed by atoms with Gasteiger partial charge < -0.3 is 9.42 Å². The molecule has 1 unspecified atom stereocenters. The molecule has 2 aromatic carbocycles. The second-order valence-electron chi connectivity index (χ2n) is 7.42. The van der Waals surface area contributed by atoms with Crippen molar-refractivity contribution in [1.29, 1.82) is 0 Å². The fourth-order valence-corrected chi connectivity index (χ4v) is 5.27. The van der Waals surface area contributed by atoms with Crippen LogP contribution in [0.1, 0.15) is 28.0 Å². The Bertz CT molecular complexity index is 1110. The van der Waals surface area contributed by atoms with Gasteiger partial charge >= 0.3 is 0 Å². The number of carbonyl (C=O) groups excluding carboxylic acids is 1. The summed E-state index contributed by atoms with van der Waals surface area (Å²) in [6.07, 6.45) is 0.434. The highest BCUT2D eigenvalue weighted by Gasteiger charge is 2.36. The first kappa shape index (κ1) is 19.4. The number of carbonyl (C=O) groups is 1. The fourth-order valence-electron chi connectivity index (χ4n) is 3.54. The molecule has 0 radical (unpaired) electrons. The highest BCUT2D eigenvalue weighted by Crippen LogP contribution is 2.25. The highest BCUT2D eigenvalue weighted by atomic mass is 32.2. The third-order valence-electron chi connectivity index (χ3n) is 5.17. The van der Waals surface area contributed by atoms with Crippen LogP contribution in [0.2, 0.25) is 0 Å². The Morgan fingerprint density at radius 3 is 2.52 bits per heavy atom. The molecule has 0 N–H and O–H groups in total. The maximum atomic E-state index is 13.3. The second kappa shape index (κ2) is 7.83. The Balaban J connectivity index is 1.62. The number of amides is 1. The van der Waals surface area contributed by atoms with E-state index in [4.69, 9.17) is 4.52 Å². The first-order valence-electron chi connectivity index (χ1n) is 9.50. The summed E-state index contributed by atoms with van der Waals surface area (Å²) in [4.78, 5) is 14.9. The van der Waals surface area contributed by atoms with Gasteiger partial charge in [-0.25, -0.2) is 8.42 Å². The summed E-state index contributed by atoms with van der Waals surface area (Å²) in [7, 11) is -3.13. The molecule has 1 aromatic heterocycles. The Morgan fingerprint density at radius 2 is 1.86 bits per heavy atom. The molecule has 1 saturated heterocycles. The van der Waals surface area contributed by atoms with Gasteiger partial charge in [0.25, 0.3) is 5.91 Å². The van der Waals surface area contributed by atoms with Gasteiger partial charge in [-0.15, -0.1) is 0 Å². The molecule has 0 bridgehead atoms. The molecule has 1 aliphatic heterocycles. The van der Waals surface area contributed by atoms with Gasteiger partial charge in [-0.05, 0) is 18.9 Å². The van der Waals surface area contributed by atoms with Gasteiger partial charge in [0, 0.05) is 24.2 Å². The van der Waals surface area contributed by atoms with E-state index in [1.54, 1.807) is 11.0 Å². The van der Waals surface area contributed by atoms with Crippen molar-refractivity contribution in [1.82, 2.24) is 10.1 Å². The average Bonchev–Trinajstić information content (AvgIpc) is 3.34. The van der Waals surface area contributed by atoms with E-state index >= 15 is 0 Å². The predicted molar refractivity (Wildman–Crippen MR) is 110 cm³/mol. The Morgan fingerprint density at radius 1 is 1.14 bits per heavy atom. The SMILES string of the molecule is Cc1ccc(CN(C(=O)c2cc(-c3ccccc3)on2)C2CCS(=O)(=O)C2)cc1. The summed E-state index contributed by atoms with van der Waals surface area (Å²) in [6, 6.07) is 18.5. The number of aryl methyl sites for hydroxylation is 1. The van der Waals surface area contributed by atoms with E-state index < -0.39 is 9.84 Å². The first-order chi connectivity index (χ1) is 13.9. The maximum Gasteiger partial charge on any atom is 0.276 e. The quantitative estimate of drug-likeness (QED) is 0.643. The maximum absolute atomic E-state index is 13.3. The molecule has 0 saturated carbocycles. The molecule has 0 spiro atoms. The van der Waals surface area contributed by atoms with Gasteiger partial charge in [-0.3, -0.25) is 4.79 Å². The average molecular weight is 410 g/mol. The Hall–Kier alpha value is -2.93. The largest absolute Gasteiger partial charge is 0.355 e. The normalized spacial score (nSPS) is 17.9. The molecule has 3 aromatic rings. The van der Waals surface area contributed by atoms with Crippen molar-refractivity contribution in [2.75, 3.05) is 11.5 Å². The molecule has 0 aliphatic carbocycles. The number of rotatable bonds is 5. The van der Waals surface area contributed by atoms with E-state index in [0.717, 1.165) is 16.7 Å². The van der Waals surface area contributed by atoms with Crippen LogP contribution in [0.5, 0.6) is 0 Å². The zero-order valence-corrected chi connectivity index (χ0v) is 16.9. The number of hydrogen-bond donors (Lipinski definition) is 0. The topological polar surface area (TPSA) is 80.5 Å². The summed E-state index contributed by atoms with van der Waals surface area (Å²) in [5.41, 5.74) is 3.08. The van der Waals surface area contributed by atoms with E-state index in [0.29, 0.717) is 18.7 Å². The van der Waals surface area contributed by atoms with Crippen LogP contribution < -0.4 is 0 Å². The summed E-state index contributed by atoms with van der Waals surface area (Å²) in [6.45, 7) is 2.32. The zero-order valence-electron chi connectivity index (χ0n) is 16.1. The minimum absolute atomic E-state index is 0.0198. The molecular formula is C22H22N2O4S. The van der Waals surface area contributed by atoms with E-state index in [2.05, 4.69) is 5.16 Å². The lowest BCUT2D eigenvalue weighted by Crippen LogP contribution is -2.40. The molecule has 7 heteroatoms. The Labute approximate surface area is 170 Å². The highest BCUT2D eigenvalue weighted by molar-refractivity contribution is 7.91. The summed E-state index contributed by atoms with van der Waals surface area (Å²) < 4.78 is 29.4. The summed E-state index contributed by atoms with van der Waals surface area (Å²) in [5, 5.41) is 3.96. The van der Waals surface area contributed by atoms with Gasteiger partial charge in [0.1, 0.15) is 0 Å². The molecule has 2 heterocycles. The molecule has 1 aliphatic rings. The van der Waals surface area contributed by atoms with Gasteiger partial charge in [-0.2, -0.15) is 0 Å². The molecule has 4 rings (SSSR count). The standard InChI is InChI=1S/C22H22N2O4S/c1-16-7-9-17(10-8-16)14-24(19-11-12-29(26,27)15-19)22(25)20-13-21(28-23-20)18-5-3-2-4-6-18/h2-10,13,19H,11-12,14-15H2,1H3. The lowest BCUT2D eigenvalue weighted by molar-refractivity contribution is 0.0670. The van der Waals surface area contributed by atoms with Gasteiger partial charge in [0.05, 0.1) is 11.5 Å². The lowest BCUT2D eigenvalue weighted by Gasteiger charge is -2.27. The van der Waals surface area contributed by atoms with Gasteiger partial charge in [-0.1, -0.05) is 65.3 Å². The van der Waals surface area contributed by atoms with Crippen LogP contribution in [0.15, 0.2) is 65.2 Å². The van der Waals surface area contributed by atoms with Crippen LogP contribution in [-0.4, -0.2) is 41.9 Å². The molecule has 150 valence electrons. The van der Waals surface area contributed by atoms with Crippen molar-refractivity contribution in [3.05, 3.63) is 77.5 Å². The molecule has 1 atom stereocenters. The number of hydrogen-bond acceptors (Lipinski definition) is 5. The van der Waals surface area contributed by atoms with Crippen molar-refractivity contribution in [2.45, 2.75) is 25.9 Å². The molecule has 29 heavy (non-hydrogen) atoms. The van der Waals surface area contributed by atoms with Gasteiger partial charge in [0.15, 0.2) is 21.3 Å². The van der Waals surface area contributed by atoms with Crippen LogP contribution in [0.25, 0.3) is 11.3 Å². The lowest BCUT2D eigenvalue weighted by atomic mass is 10.1. The minimum atomic E-state index is -3.13. The smallest absolute Gasteiger partial charge is 0.276 e. The second-order valence-corrected chi connectivity index (χ2v) is 9.65. The van der Waals surface area contributed by atoms with E-state index in [1.165, 1.54) is 0 Å². The Kier molecular flexibility index (Phi) is 5.24. The molecular weight excluding hydrogens is 388 g/mol. The zero-order chi connectivity index (χ0) is 20.4. The minimum Gasteiger partial charge on any atom is -0.355 e. The van der Waals surface area contributed by atoms with Crippen LogP contribution in [-0.2, 0) is 16.4 Å². The van der Waals surface area contributed by atoms with Crippen molar-refractivity contribution in [3.8, 4) is 11.3 Å². The van der Waals surface area contributed by atoms with Crippen LogP contribution in [0.3, 0.4) is 0 Å². The van der Waals surface area contributed by atoms with Crippen molar-refractivity contribution >= 4 is 15.7 Å². The van der Waals surface area contributed by atoms with E-state index in [9.17, 15) is 13.2 Å². The fraction of sp³-hybridized carbons (Fsp3) is 0.273. The van der Waals surface area contributed by atoms with Crippen molar-refractivity contribution in [3.63, 3.8) is 0 Å².